The standard InChI is InChI=1S/C15H23NO2/c1-3-16(14-6-4-12(2)5-7-14)10-13-11-18-9-8-15(13)17/h4-7,13,15,17H,3,8-11H2,1-2H3. The SMILES string of the molecule is CCN(CC1COCCC1O)c1ccc(C)cc1. The quantitative estimate of drug-likeness (QED) is 0.888. The summed E-state index contributed by atoms with van der Waals surface area (Å²) in [4.78, 5) is 2.31. The highest BCUT2D eigenvalue weighted by Crippen LogP contribution is 2.21. The highest BCUT2D eigenvalue weighted by atomic mass is 16.5. The Morgan fingerprint density at radius 3 is 2.67 bits per heavy atom. The third-order valence-electron chi connectivity index (χ3n) is 3.67. The van der Waals surface area contributed by atoms with E-state index in [2.05, 4.69) is 43.0 Å². The number of rotatable bonds is 4. The van der Waals surface area contributed by atoms with Gasteiger partial charge < -0.3 is 14.7 Å². The maximum Gasteiger partial charge on any atom is 0.0629 e. The topological polar surface area (TPSA) is 32.7 Å². The summed E-state index contributed by atoms with van der Waals surface area (Å²) in [6.07, 6.45) is 0.536. The normalized spacial score (nSPS) is 23.9. The maximum atomic E-state index is 10.00. The molecule has 1 aliphatic heterocycles. The van der Waals surface area contributed by atoms with E-state index in [-0.39, 0.29) is 12.0 Å². The van der Waals surface area contributed by atoms with Crippen molar-refractivity contribution in [3.8, 4) is 0 Å². The van der Waals surface area contributed by atoms with Crippen LogP contribution in [-0.2, 0) is 4.74 Å². The van der Waals surface area contributed by atoms with Crippen molar-refractivity contribution in [2.24, 2.45) is 5.92 Å². The first-order valence-corrected chi connectivity index (χ1v) is 6.78. The number of nitrogens with zero attached hydrogens (tertiary/aromatic N) is 1. The molecule has 3 nitrogen and oxygen atoms in total. The largest absolute Gasteiger partial charge is 0.393 e. The molecule has 100 valence electrons. The van der Waals surface area contributed by atoms with Crippen LogP contribution in [0.2, 0.25) is 0 Å². The van der Waals surface area contributed by atoms with E-state index in [1.54, 1.807) is 0 Å². The molecule has 1 fully saturated rings. The molecule has 18 heavy (non-hydrogen) atoms. The van der Waals surface area contributed by atoms with Crippen LogP contribution in [0.25, 0.3) is 0 Å². The van der Waals surface area contributed by atoms with Crippen LogP contribution < -0.4 is 4.90 Å². The first kappa shape index (κ1) is 13.4. The van der Waals surface area contributed by atoms with Crippen LogP contribution in [0.1, 0.15) is 18.9 Å². The van der Waals surface area contributed by atoms with E-state index in [1.165, 1.54) is 11.3 Å². The summed E-state index contributed by atoms with van der Waals surface area (Å²) in [6, 6.07) is 8.56. The van der Waals surface area contributed by atoms with E-state index in [4.69, 9.17) is 4.74 Å². The minimum Gasteiger partial charge on any atom is -0.393 e. The van der Waals surface area contributed by atoms with Gasteiger partial charge in [-0.15, -0.1) is 0 Å². The Morgan fingerprint density at radius 2 is 2.06 bits per heavy atom. The second-order valence-corrected chi connectivity index (χ2v) is 5.07. The number of aryl methyl sites for hydroxylation is 1. The zero-order chi connectivity index (χ0) is 13.0. The molecule has 0 saturated carbocycles. The molecule has 1 aromatic carbocycles. The lowest BCUT2D eigenvalue weighted by atomic mass is 9.98. The van der Waals surface area contributed by atoms with Crippen molar-refractivity contribution < 1.29 is 9.84 Å². The summed E-state index contributed by atoms with van der Waals surface area (Å²) >= 11 is 0. The van der Waals surface area contributed by atoms with Gasteiger partial charge in [-0.1, -0.05) is 17.7 Å². The van der Waals surface area contributed by atoms with Crippen molar-refractivity contribution in [2.75, 3.05) is 31.2 Å². The molecule has 3 heteroatoms. The maximum absolute atomic E-state index is 10.00. The van der Waals surface area contributed by atoms with Gasteiger partial charge in [0.1, 0.15) is 0 Å². The summed E-state index contributed by atoms with van der Waals surface area (Å²) in [5.41, 5.74) is 2.50. The van der Waals surface area contributed by atoms with Crippen LogP contribution in [0, 0.1) is 12.8 Å². The number of hydrogen-bond acceptors (Lipinski definition) is 3. The van der Waals surface area contributed by atoms with E-state index in [1.807, 2.05) is 0 Å². The highest BCUT2D eigenvalue weighted by molar-refractivity contribution is 5.47. The Hall–Kier alpha value is -1.06. The fraction of sp³-hybridized carbons (Fsp3) is 0.600. The van der Waals surface area contributed by atoms with Gasteiger partial charge in [0.05, 0.1) is 12.7 Å². The fourth-order valence-corrected chi connectivity index (χ4v) is 2.42. The molecule has 0 bridgehead atoms. The van der Waals surface area contributed by atoms with Crippen molar-refractivity contribution in [3.05, 3.63) is 29.8 Å². The summed E-state index contributed by atoms with van der Waals surface area (Å²) in [5.74, 6) is 0.222. The number of aliphatic hydroxyl groups excluding tert-OH is 1. The Labute approximate surface area is 109 Å². The summed E-state index contributed by atoms with van der Waals surface area (Å²) in [7, 11) is 0. The molecule has 2 atom stereocenters. The lowest BCUT2D eigenvalue weighted by molar-refractivity contribution is -0.0322. The first-order valence-electron chi connectivity index (χ1n) is 6.78. The Bertz CT molecular complexity index is 363. The van der Waals surface area contributed by atoms with Crippen molar-refractivity contribution in [1.82, 2.24) is 0 Å². The van der Waals surface area contributed by atoms with Gasteiger partial charge in [-0.2, -0.15) is 0 Å². The van der Waals surface area contributed by atoms with Crippen LogP contribution in [0.4, 0.5) is 5.69 Å². The Balaban J connectivity index is 2.02. The monoisotopic (exact) mass is 249 g/mol. The lowest BCUT2D eigenvalue weighted by Gasteiger charge is -2.33. The summed E-state index contributed by atoms with van der Waals surface area (Å²) in [5, 5.41) is 10.00. The molecule has 0 amide bonds. The number of aliphatic hydroxyl groups is 1. The van der Waals surface area contributed by atoms with E-state index in [0.29, 0.717) is 13.2 Å². The molecule has 1 N–H and O–H groups in total. The highest BCUT2D eigenvalue weighted by Gasteiger charge is 2.25. The lowest BCUT2D eigenvalue weighted by Crippen LogP contribution is -2.41. The molecule has 0 aromatic heterocycles. The Morgan fingerprint density at radius 1 is 1.33 bits per heavy atom. The second kappa shape index (κ2) is 6.21. The van der Waals surface area contributed by atoms with Crippen LogP contribution in [0.15, 0.2) is 24.3 Å². The van der Waals surface area contributed by atoms with Crippen LogP contribution >= 0.6 is 0 Å². The van der Waals surface area contributed by atoms with Gasteiger partial charge in [-0.25, -0.2) is 0 Å². The van der Waals surface area contributed by atoms with Crippen molar-refractivity contribution >= 4 is 5.69 Å². The van der Waals surface area contributed by atoms with Crippen molar-refractivity contribution in [3.63, 3.8) is 0 Å². The third kappa shape index (κ3) is 3.24. The van der Waals surface area contributed by atoms with Gasteiger partial charge >= 0.3 is 0 Å². The fourth-order valence-electron chi connectivity index (χ4n) is 2.42. The summed E-state index contributed by atoms with van der Waals surface area (Å²) in [6.45, 7) is 7.42. The van der Waals surface area contributed by atoms with E-state index < -0.39 is 0 Å². The molecular formula is C15H23NO2. The first-order chi connectivity index (χ1) is 8.70. The third-order valence-corrected chi connectivity index (χ3v) is 3.67. The van der Waals surface area contributed by atoms with Gasteiger partial charge in [0.2, 0.25) is 0 Å². The zero-order valence-corrected chi connectivity index (χ0v) is 11.3. The summed E-state index contributed by atoms with van der Waals surface area (Å²) < 4.78 is 5.47. The Kier molecular flexibility index (Phi) is 4.61. The van der Waals surface area contributed by atoms with Gasteiger partial charge in [0.15, 0.2) is 0 Å². The second-order valence-electron chi connectivity index (χ2n) is 5.07. The number of hydrogen-bond donors (Lipinski definition) is 1. The molecule has 0 aliphatic carbocycles. The van der Waals surface area contributed by atoms with Gasteiger partial charge in [-0.3, -0.25) is 0 Å². The molecule has 1 saturated heterocycles. The minimum absolute atomic E-state index is 0.222. The van der Waals surface area contributed by atoms with Crippen LogP contribution in [-0.4, -0.2) is 37.5 Å². The van der Waals surface area contributed by atoms with Crippen molar-refractivity contribution in [2.45, 2.75) is 26.4 Å². The van der Waals surface area contributed by atoms with E-state index in [9.17, 15) is 5.11 Å². The van der Waals surface area contributed by atoms with E-state index in [0.717, 1.165) is 19.5 Å². The molecule has 2 rings (SSSR count). The van der Waals surface area contributed by atoms with Gasteiger partial charge in [-0.05, 0) is 32.4 Å². The minimum atomic E-state index is -0.224. The van der Waals surface area contributed by atoms with Crippen LogP contribution in [0.5, 0.6) is 0 Å². The van der Waals surface area contributed by atoms with Crippen LogP contribution in [0.3, 0.4) is 0 Å². The van der Waals surface area contributed by atoms with E-state index >= 15 is 0 Å². The molecule has 2 unspecified atom stereocenters. The number of anilines is 1. The average Bonchev–Trinajstić information content (AvgIpc) is 2.39. The average molecular weight is 249 g/mol. The molecule has 1 aliphatic rings. The predicted octanol–water partition coefficient (Wildman–Crippen LogP) is 2.22. The molecule has 0 radical (unpaired) electrons. The van der Waals surface area contributed by atoms with Crippen molar-refractivity contribution in [1.29, 1.82) is 0 Å². The van der Waals surface area contributed by atoms with Gasteiger partial charge in [0.25, 0.3) is 0 Å². The predicted molar refractivity (Wildman–Crippen MR) is 74.0 cm³/mol. The number of ether oxygens (including phenoxy) is 1. The number of benzene rings is 1. The molecule has 0 spiro atoms. The smallest absolute Gasteiger partial charge is 0.0629 e. The molecular weight excluding hydrogens is 226 g/mol. The molecule has 1 heterocycles. The molecule has 1 aromatic rings. The van der Waals surface area contributed by atoms with Gasteiger partial charge in [0, 0.05) is 31.3 Å². The zero-order valence-electron chi connectivity index (χ0n) is 11.3.